The summed E-state index contributed by atoms with van der Waals surface area (Å²) in [5, 5.41) is 8.54. The largest absolute Gasteiger partial charge is 0.444 e. The van der Waals surface area contributed by atoms with Crippen LogP contribution in [0.2, 0.25) is 0 Å². The highest BCUT2D eigenvalue weighted by atomic mass is 19.1. The summed E-state index contributed by atoms with van der Waals surface area (Å²) in [6.07, 6.45) is -0.872. The Balaban J connectivity index is 2.50. The topological polar surface area (TPSA) is 53.3 Å². The molecule has 1 rings (SSSR count). The molecule has 1 heterocycles. The lowest BCUT2D eigenvalue weighted by Crippen LogP contribution is -2.46. The number of piperidine rings is 1. The normalized spacial score (nSPS) is 25.2. The van der Waals surface area contributed by atoms with Crippen LogP contribution in [0.4, 0.5) is 9.18 Å². The number of rotatable bonds is 1. The van der Waals surface area contributed by atoms with Gasteiger partial charge in [0.25, 0.3) is 0 Å². The fraction of sp³-hybridized carbons (Fsp3) is 0.833. The Morgan fingerprint density at radius 3 is 2.71 bits per heavy atom. The Bertz CT molecular complexity index is 319. The van der Waals surface area contributed by atoms with E-state index in [2.05, 4.69) is 0 Å². The van der Waals surface area contributed by atoms with Gasteiger partial charge in [0.15, 0.2) is 0 Å². The molecule has 1 amide bonds. The molecule has 1 aliphatic rings. The van der Waals surface area contributed by atoms with Crippen molar-refractivity contribution in [1.82, 2.24) is 4.90 Å². The fourth-order valence-electron chi connectivity index (χ4n) is 1.79. The van der Waals surface area contributed by atoms with Crippen molar-refractivity contribution in [2.24, 2.45) is 5.92 Å². The highest BCUT2D eigenvalue weighted by molar-refractivity contribution is 5.68. The first-order valence-electron chi connectivity index (χ1n) is 5.82. The summed E-state index contributed by atoms with van der Waals surface area (Å²) in [6.45, 7) is 5.82. The van der Waals surface area contributed by atoms with E-state index in [0.717, 1.165) is 0 Å². The predicted molar refractivity (Wildman–Crippen MR) is 61.0 cm³/mol. The number of nitriles is 1. The van der Waals surface area contributed by atoms with E-state index < -0.39 is 17.9 Å². The SMILES string of the molecule is CC(C)(C)OC(=O)N1CC[C@@H](CC#N)[C@@H](F)C1. The lowest BCUT2D eigenvalue weighted by molar-refractivity contribution is 0.00589. The average molecular weight is 242 g/mol. The smallest absolute Gasteiger partial charge is 0.410 e. The number of hydrogen-bond acceptors (Lipinski definition) is 3. The molecule has 0 aliphatic carbocycles. The first-order valence-corrected chi connectivity index (χ1v) is 5.82. The predicted octanol–water partition coefficient (Wildman–Crippen LogP) is 2.50. The third-order valence-electron chi connectivity index (χ3n) is 2.68. The maximum atomic E-state index is 13.7. The zero-order chi connectivity index (χ0) is 13.1. The molecule has 0 aromatic rings. The fourth-order valence-corrected chi connectivity index (χ4v) is 1.79. The molecule has 0 N–H and O–H groups in total. The van der Waals surface area contributed by atoms with Gasteiger partial charge in [-0.3, -0.25) is 0 Å². The molecule has 0 aromatic carbocycles. The van der Waals surface area contributed by atoms with Crippen LogP contribution in [-0.2, 0) is 4.74 Å². The zero-order valence-corrected chi connectivity index (χ0v) is 10.6. The summed E-state index contributed by atoms with van der Waals surface area (Å²) < 4.78 is 18.9. The Hall–Kier alpha value is -1.31. The summed E-state index contributed by atoms with van der Waals surface area (Å²) in [4.78, 5) is 13.1. The van der Waals surface area contributed by atoms with Gasteiger partial charge in [0, 0.05) is 18.9 Å². The molecule has 0 spiro atoms. The van der Waals surface area contributed by atoms with Gasteiger partial charge >= 0.3 is 6.09 Å². The molecule has 0 aromatic heterocycles. The average Bonchev–Trinajstić information content (AvgIpc) is 2.18. The molecular weight excluding hydrogens is 223 g/mol. The number of ether oxygens (including phenoxy) is 1. The summed E-state index contributed by atoms with van der Waals surface area (Å²) in [5.74, 6) is -0.251. The third kappa shape index (κ3) is 4.22. The van der Waals surface area contributed by atoms with Gasteiger partial charge in [-0.05, 0) is 27.2 Å². The maximum Gasteiger partial charge on any atom is 0.410 e. The van der Waals surface area contributed by atoms with Crippen molar-refractivity contribution in [1.29, 1.82) is 5.26 Å². The van der Waals surface area contributed by atoms with Crippen LogP contribution in [0.1, 0.15) is 33.6 Å². The van der Waals surface area contributed by atoms with E-state index in [9.17, 15) is 9.18 Å². The van der Waals surface area contributed by atoms with E-state index in [1.165, 1.54) is 4.90 Å². The Kier molecular flexibility index (Phi) is 4.33. The number of amides is 1. The van der Waals surface area contributed by atoms with Gasteiger partial charge in [-0.15, -0.1) is 0 Å². The van der Waals surface area contributed by atoms with E-state index in [1.807, 2.05) is 6.07 Å². The first kappa shape index (κ1) is 13.8. The molecule has 17 heavy (non-hydrogen) atoms. The number of carbonyl (C=O) groups is 1. The van der Waals surface area contributed by atoms with E-state index >= 15 is 0 Å². The summed E-state index contributed by atoms with van der Waals surface area (Å²) in [5.41, 5.74) is -0.563. The molecule has 1 saturated heterocycles. The van der Waals surface area contributed by atoms with Crippen molar-refractivity contribution in [3.63, 3.8) is 0 Å². The number of nitrogens with zero attached hydrogens (tertiary/aromatic N) is 2. The van der Waals surface area contributed by atoms with Crippen LogP contribution < -0.4 is 0 Å². The van der Waals surface area contributed by atoms with Crippen molar-refractivity contribution in [2.75, 3.05) is 13.1 Å². The van der Waals surface area contributed by atoms with E-state index in [1.54, 1.807) is 20.8 Å². The first-order chi connectivity index (χ1) is 7.83. The molecule has 0 unspecified atom stereocenters. The van der Waals surface area contributed by atoms with Gasteiger partial charge in [0.05, 0.1) is 12.6 Å². The highest BCUT2D eigenvalue weighted by Crippen LogP contribution is 2.24. The van der Waals surface area contributed by atoms with Crippen LogP contribution in [-0.4, -0.2) is 35.9 Å². The Morgan fingerprint density at radius 1 is 1.59 bits per heavy atom. The Labute approximate surface area is 101 Å². The molecule has 1 fully saturated rings. The molecular formula is C12H19FN2O2. The number of halogens is 1. The van der Waals surface area contributed by atoms with Gasteiger partial charge in [0.1, 0.15) is 11.8 Å². The second-order valence-electron chi connectivity index (χ2n) is 5.35. The zero-order valence-electron chi connectivity index (χ0n) is 10.6. The second-order valence-corrected chi connectivity index (χ2v) is 5.35. The van der Waals surface area contributed by atoms with Crippen LogP contribution in [0.15, 0.2) is 0 Å². The molecule has 0 radical (unpaired) electrons. The van der Waals surface area contributed by atoms with E-state index in [-0.39, 0.29) is 18.9 Å². The molecule has 5 heteroatoms. The monoisotopic (exact) mass is 242 g/mol. The van der Waals surface area contributed by atoms with E-state index in [0.29, 0.717) is 13.0 Å². The van der Waals surface area contributed by atoms with E-state index in [4.69, 9.17) is 10.00 Å². The lowest BCUT2D eigenvalue weighted by Gasteiger charge is -2.34. The van der Waals surface area contributed by atoms with Gasteiger partial charge in [-0.1, -0.05) is 0 Å². The quantitative estimate of drug-likeness (QED) is 0.709. The van der Waals surface area contributed by atoms with Gasteiger partial charge in [0.2, 0.25) is 0 Å². The minimum absolute atomic E-state index is 0.0290. The van der Waals surface area contributed by atoms with Gasteiger partial charge < -0.3 is 9.64 Å². The van der Waals surface area contributed by atoms with Crippen LogP contribution in [0, 0.1) is 17.2 Å². The highest BCUT2D eigenvalue weighted by Gasteiger charge is 2.33. The van der Waals surface area contributed by atoms with Gasteiger partial charge in [-0.25, -0.2) is 9.18 Å². The summed E-state index contributed by atoms with van der Waals surface area (Å²) >= 11 is 0. The maximum absolute atomic E-state index is 13.7. The number of alkyl halides is 1. The molecule has 96 valence electrons. The third-order valence-corrected chi connectivity index (χ3v) is 2.68. The number of carbonyl (C=O) groups excluding carboxylic acids is 1. The molecule has 4 nitrogen and oxygen atoms in total. The Morgan fingerprint density at radius 2 is 2.24 bits per heavy atom. The van der Waals surface area contributed by atoms with Crippen LogP contribution in [0.5, 0.6) is 0 Å². The lowest BCUT2D eigenvalue weighted by atomic mass is 9.92. The van der Waals surface area contributed by atoms with Crippen molar-refractivity contribution in [2.45, 2.75) is 45.4 Å². The van der Waals surface area contributed by atoms with Crippen LogP contribution >= 0.6 is 0 Å². The number of hydrogen-bond donors (Lipinski definition) is 0. The summed E-state index contributed by atoms with van der Waals surface area (Å²) in [7, 11) is 0. The number of likely N-dealkylation sites (tertiary alicyclic amines) is 1. The van der Waals surface area contributed by atoms with Gasteiger partial charge in [-0.2, -0.15) is 5.26 Å². The van der Waals surface area contributed by atoms with Crippen molar-refractivity contribution < 1.29 is 13.9 Å². The summed E-state index contributed by atoms with van der Waals surface area (Å²) in [6, 6.07) is 1.98. The van der Waals surface area contributed by atoms with Crippen molar-refractivity contribution in [3.05, 3.63) is 0 Å². The molecule has 2 atom stereocenters. The van der Waals surface area contributed by atoms with Crippen LogP contribution in [0.25, 0.3) is 0 Å². The van der Waals surface area contributed by atoms with Crippen LogP contribution in [0.3, 0.4) is 0 Å². The standard InChI is InChI=1S/C12H19FN2O2/c1-12(2,3)17-11(16)15-7-5-9(4-6-14)10(13)8-15/h9-10H,4-5,7-8H2,1-3H3/t9-,10+/m1/s1. The van der Waals surface area contributed by atoms with Crippen molar-refractivity contribution >= 4 is 6.09 Å². The minimum Gasteiger partial charge on any atom is -0.444 e. The second kappa shape index (κ2) is 5.35. The molecule has 0 bridgehead atoms. The van der Waals surface area contributed by atoms with Crippen molar-refractivity contribution in [3.8, 4) is 6.07 Å². The minimum atomic E-state index is -1.13. The molecule has 1 aliphatic heterocycles. The molecule has 0 saturated carbocycles.